The summed E-state index contributed by atoms with van der Waals surface area (Å²) in [6, 6.07) is 41.1. The van der Waals surface area contributed by atoms with Gasteiger partial charge in [-0.15, -0.1) is 0 Å². The summed E-state index contributed by atoms with van der Waals surface area (Å²) >= 11 is 0. The normalized spacial score (nSPS) is 10.7. The zero-order valence-corrected chi connectivity index (χ0v) is 18.3. The van der Waals surface area contributed by atoms with Gasteiger partial charge in [0.2, 0.25) is 0 Å². The van der Waals surface area contributed by atoms with E-state index in [1.54, 1.807) is 6.08 Å². The van der Waals surface area contributed by atoms with Crippen LogP contribution < -0.4 is 0 Å². The van der Waals surface area contributed by atoms with Crippen LogP contribution in [0.25, 0.3) is 50.6 Å². The summed E-state index contributed by atoms with van der Waals surface area (Å²) in [7, 11) is 0. The molecule has 0 aliphatic rings. The molecule has 0 heterocycles. The van der Waals surface area contributed by atoms with Gasteiger partial charge < -0.3 is 5.11 Å². The Hall–Kier alpha value is -4.36. The predicted molar refractivity (Wildman–Crippen MR) is 140 cm³/mol. The van der Waals surface area contributed by atoms with Crippen LogP contribution in [0, 0.1) is 0 Å². The average Bonchev–Trinajstić information content (AvgIpc) is 2.90. The van der Waals surface area contributed by atoms with E-state index in [4.69, 9.17) is 0 Å². The summed E-state index contributed by atoms with van der Waals surface area (Å²) in [5, 5.41) is 11.7. The van der Waals surface area contributed by atoms with Crippen LogP contribution in [0.3, 0.4) is 0 Å². The number of hydrogen-bond acceptors (Lipinski definition) is 1. The SMILES string of the molecule is C=Cc1c(O)c(-c2ccccc2)c(-c2ccccc2)c(-c2ccccc2)c1-c1ccccc1. The maximum atomic E-state index is 11.7. The van der Waals surface area contributed by atoms with E-state index >= 15 is 0 Å². The quantitative estimate of drug-likeness (QED) is 0.299. The Balaban J connectivity index is 2.04. The minimum absolute atomic E-state index is 0.244. The third-order valence-corrected chi connectivity index (χ3v) is 5.97. The van der Waals surface area contributed by atoms with Gasteiger partial charge in [0.05, 0.1) is 0 Å². The van der Waals surface area contributed by atoms with Gasteiger partial charge in [-0.05, 0) is 27.8 Å². The average molecular weight is 425 g/mol. The second kappa shape index (κ2) is 9.02. The van der Waals surface area contributed by atoms with Crippen molar-refractivity contribution < 1.29 is 5.11 Å². The number of aromatic hydroxyl groups is 1. The third kappa shape index (κ3) is 3.75. The molecule has 0 fully saturated rings. The molecule has 5 aromatic carbocycles. The number of hydrogen-bond donors (Lipinski definition) is 1. The second-order valence-electron chi connectivity index (χ2n) is 7.93. The van der Waals surface area contributed by atoms with Crippen molar-refractivity contribution in [1.29, 1.82) is 0 Å². The largest absolute Gasteiger partial charge is 0.507 e. The Bertz CT molecular complexity index is 1390. The lowest BCUT2D eigenvalue weighted by atomic mass is 9.79. The van der Waals surface area contributed by atoms with Crippen LogP contribution in [-0.2, 0) is 0 Å². The molecule has 0 atom stereocenters. The Kier molecular flexibility index (Phi) is 5.61. The highest BCUT2D eigenvalue weighted by molar-refractivity contribution is 6.07. The summed E-state index contributed by atoms with van der Waals surface area (Å²) < 4.78 is 0. The van der Waals surface area contributed by atoms with Gasteiger partial charge in [-0.3, -0.25) is 0 Å². The van der Waals surface area contributed by atoms with Gasteiger partial charge in [-0.25, -0.2) is 0 Å². The molecule has 1 N–H and O–H groups in total. The molecule has 33 heavy (non-hydrogen) atoms. The van der Waals surface area contributed by atoms with Gasteiger partial charge in [0, 0.05) is 22.3 Å². The smallest absolute Gasteiger partial charge is 0.131 e. The molecule has 0 aromatic heterocycles. The zero-order valence-electron chi connectivity index (χ0n) is 18.3. The minimum atomic E-state index is 0.244. The second-order valence-corrected chi connectivity index (χ2v) is 7.93. The molecule has 0 aliphatic carbocycles. The Labute approximate surface area is 194 Å². The molecule has 0 saturated heterocycles. The first-order chi connectivity index (χ1) is 16.3. The highest BCUT2D eigenvalue weighted by Crippen LogP contribution is 2.52. The van der Waals surface area contributed by atoms with Gasteiger partial charge in [-0.1, -0.05) is 134 Å². The van der Waals surface area contributed by atoms with Crippen LogP contribution in [0.4, 0.5) is 0 Å². The van der Waals surface area contributed by atoms with E-state index in [9.17, 15) is 5.11 Å². The Morgan fingerprint density at radius 3 is 1.09 bits per heavy atom. The van der Waals surface area contributed by atoms with Crippen molar-refractivity contribution in [2.24, 2.45) is 0 Å². The van der Waals surface area contributed by atoms with Gasteiger partial charge in [0.25, 0.3) is 0 Å². The predicted octanol–water partition coefficient (Wildman–Crippen LogP) is 8.70. The van der Waals surface area contributed by atoms with E-state index in [-0.39, 0.29) is 5.75 Å². The molecule has 1 heteroatoms. The van der Waals surface area contributed by atoms with Crippen LogP contribution in [0.15, 0.2) is 128 Å². The first-order valence-corrected chi connectivity index (χ1v) is 11.1. The van der Waals surface area contributed by atoms with Gasteiger partial charge in [-0.2, -0.15) is 0 Å². The van der Waals surface area contributed by atoms with Crippen molar-refractivity contribution in [3.05, 3.63) is 133 Å². The topological polar surface area (TPSA) is 20.2 Å². The molecule has 158 valence electrons. The lowest BCUT2D eigenvalue weighted by Gasteiger charge is -2.24. The highest BCUT2D eigenvalue weighted by atomic mass is 16.3. The zero-order chi connectivity index (χ0) is 22.6. The van der Waals surface area contributed by atoms with Crippen LogP contribution in [0.1, 0.15) is 5.56 Å². The molecule has 0 amide bonds. The van der Waals surface area contributed by atoms with Gasteiger partial charge in [0.15, 0.2) is 0 Å². The summed E-state index contributed by atoms with van der Waals surface area (Å²) in [5.41, 5.74) is 8.78. The Morgan fingerprint density at radius 2 is 0.727 bits per heavy atom. The fourth-order valence-corrected chi connectivity index (χ4v) is 4.53. The molecule has 0 saturated carbocycles. The van der Waals surface area contributed by atoms with Crippen molar-refractivity contribution in [2.45, 2.75) is 0 Å². The molecule has 1 nitrogen and oxygen atoms in total. The lowest BCUT2D eigenvalue weighted by molar-refractivity contribution is 0.476. The van der Waals surface area contributed by atoms with Crippen molar-refractivity contribution in [2.75, 3.05) is 0 Å². The maximum absolute atomic E-state index is 11.7. The van der Waals surface area contributed by atoms with E-state index in [2.05, 4.69) is 55.1 Å². The Morgan fingerprint density at radius 1 is 0.424 bits per heavy atom. The molecule has 0 radical (unpaired) electrons. The highest BCUT2D eigenvalue weighted by Gasteiger charge is 2.26. The number of rotatable bonds is 5. The summed E-state index contributed by atoms with van der Waals surface area (Å²) in [6.45, 7) is 4.09. The fourth-order valence-electron chi connectivity index (χ4n) is 4.53. The third-order valence-electron chi connectivity index (χ3n) is 5.97. The van der Waals surface area contributed by atoms with Crippen molar-refractivity contribution in [3.63, 3.8) is 0 Å². The minimum Gasteiger partial charge on any atom is -0.507 e. The van der Waals surface area contributed by atoms with Crippen molar-refractivity contribution in [1.82, 2.24) is 0 Å². The number of phenolic OH excluding ortho intramolecular Hbond substituents is 1. The summed E-state index contributed by atoms with van der Waals surface area (Å²) in [4.78, 5) is 0. The maximum Gasteiger partial charge on any atom is 0.131 e. The molecule has 0 bridgehead atoms. The molecular weight excluding hydrogens is 400 g/mol. The van der Waals surface area contributed by atoms with Crippen LogP contribution in [0.5, 0.6) is 5.75 Å². The summed E-state index contributed by atoms with van der Waals surface area (Å²) in [5.74, 6) is 0.244. The van der Waals surface area contributed by atoms with E-state index in [1.807, 2.05) is 72.8 Å². The molecule has 0 spiro atoms. The van der Waals surface area contributed by atoms with Crippen LogP contribution in [0.2, 0.25) is 0 Å². The standard InChI is InChI=1S/C32H24O/c1-2-27-28(23-15-7-3-8-16-23)29(24-17-9-4-10-18-24)30(25-19-11-5-12-20-25)31(32(27)33)26-21-13-6-14-22-26/h2-22,33H,1H2. The lowest BCUT2D eigenvalue weighted by Crippen LogP contribution is -1.98. The van der Waals surface area contributed by atoms with Gasteiger partial charge in [0.1, 0.15) is 5.75 Å². The number of benzene rings is 5. The van der Waals surface area contributed by atoms with E-state index in [1.165, 1.54) is 0 Å². The van der Waals surface area contributed by atoms with E-state index in [0.29, 0.717) is 0 Å². The van der Waals surface area contributed by atoms with E-state index in [0.717, 1.165) is 50.1 Å². The first-order valence-electron chi connectivity index (χ1n) is 11.1. The molecule has 0 unspecified atom stereocenters. The monoisotopic (exact) mass is 424 g/mol. The molecule has 5 rings (SSSR count). The molecular formula is C32H24O. The van der Waals surface area contributed by atoms with Crippen molar-refractivity contribution >= 4 is 6.08 Å². The molecule has 5 aromatic rings. The molecule has 0 aliphatic heterocycles. The first kappa shape index (κ1) is 20.5. The van der Waals surface area contributed by atoms with Gasteiger partial charge >= 0.3 is 0 Å². The van der Waals surface area contributed by atoms with Crippen molar-refractivity contribution in [3.8, 4) is 50.3 Å². The van der Waals surface area contributed by atoms with Crippen LogP contribution >= 0.6 is 0 Å². The number of phenols is 1. The van der Waals surface area contributed by atoms with E-state index < -0.39 is 0 Å². The van der Waals surface area contributed by atoms with Crippen LogP contribution in [-0.4, -0.2) is 5.11 Å². The summed E-state index contributed by atoms with van der Waals surface area (Å²) in [6.07, 6.45) is 1.77. The fraction of sp³-hybridized carbons (Fsp3) is 0.